The van der Waals surface area contributed by atoms with Crippen molar-refractivity contribution in [1.82, 2.24) is 15.1 Å². The molecule has 1 unspecified atom stereocenters. The van der Waals surface area contributed by atoms with Crippen molar-refractivity contribution in [3.8, 4) is 0 Å². The van der Waals surface area contributed by atoms with Gasteiger partial charge in [-0.3, -0.25) is 24.1 Å². The number of carbonyl (C=O) groups is 4. The van der Waals surface area contributed by atoms with Gasteiger partial charge in [0.1, 0.15) is 11.9 Å². The van der Waals surface area contributed by atoms with Crippen LogP contribution in [0.2, 0.25) is 0 Å². The Morgan fingerprint density at radius 1 is 0.892 bits per heavy atom. The van der Waals surface area contributed by atoms with E-state index in [-0.39, 0.29) is 61.5 Å². The van der Waals surface area contributed by atoms with E-state index in [0.717, 1.165) is 10.5 Å². The molecule has 37 heavy (non-hydrogen) atoms. The average Bonchev–Trinajstić information content (AvgIpc) is 3.16. The predicted octanol–water partition coefficient (Wildman–Crippen LogP) is 3.59. The molecule has 1 atom stereocenters. The van der Waals surface area contributed by atoms with Crippen LogP contribution < -0.4 is 5.32 Å². The van der Waals surface area contributed by atoms with E-state index in [1.807, 2.05) is 30.3 Å². The zero-order chi connectivity index (χ0) is 26.4. The number of amides is 4. The maximum absolute atomic E-state index is 14.5. The number of halogens is 1. The Hall–Kier alpha value is -4.33. The Labute approximate surface area is 214 Å². The van der Waals surface area contributed by atoms with Gasteiger partial charge in [-0.25, -0.2) is 4.39 Å². The monoisotopic (exact) mass is 501 g/mol. The number of imide groups is 1. The van der Waals surface area contributed by atoms with E-state index in [0.29, 0.717) is 11.1 Å². The summed E-state index contributed by atoms with van der Waals surface area (Å²) in [5, 5.41) is 2.62. The molecule has 1 aliphatic heterocycles. The molecule has 0 spiro atoms. The van der Waals surface area contributed by atoms with Crippen molar-refractivity contribution in [2.45, 2.75) is 31.8 Å². The van der Waals surface area contributed by atoms with Gasteiger partial charge >= 0.3 is 0 Å². The molecule has 0 bridgehead atoms. The van der Waals surface area contributed by atoms with E-state index < -0.39 is 11.9 Å². The van der Waals surface area contributed by atoms with Crippen molar-refractivity contribution in [1.29, 1.82) is 0 Å². The second-order valence-corrected chi connectivity index (χ2v) is 8.84. The Bertz CT molecular complexity index is 1280. The van der Waals surface area contributed by atoms with Crippen molar-refractivity contribution in [2.24, 2.45) is 0 Å². The zero-order valence-electron chi connectivity index (χ0n) is 20.5. The Morgan fingerprint density at radius 2 is 1.49 bits per heavy atom. The summed E-state index contributed by atoms with van der Waals surface area (Å²) in [5.74, 6) is -1.98. The highest BCUT2D eigenvalue weighted by molar-refractivity contribution is 6.21. The summed E-state index contributed by atoms with van der Waals surface area (Å²) in [4.78, 5) is 54.3. The minimum atomic E-state index is -0.876. The third-order valence-corrected chi connectivity index (χ3v) is 6.47. The van der Waals surface area contributed by atoms with Gasteiger partial charge in [-0.2, -0.15) is 0 Å². The molecule has 1 N–H and O–H groups in total. The van der Waals surface area contributed by atoms with Crippen molar-refractivity contribution < 1.29 is 23.6 Å². The lowest BCUT2D eigenvalue weighted by atomic mass is 10.0. The molecule has 0 aromatic heterocycles. The number of fused-ring (bicyclic) bond motifs is 1. The molecule has 1 heterocycles. The molecule has 0 saturated heterocycles. The second-order valence-electron chi connectivity index (χ2n) is 8.84. The molecule has 0 saturated carbocycles. The maximum atomic E-state index is 14.5. The van der Waals surface area contributed by atoms with Gasteiger partial charge in [0.15, 0.2) is 0 Å². The summed E-state index contributed by atoms with van der Waals surface area (Å²) in [6, 6.07) is 21.2. The van der Waals surface area contributed by atoms with Gasteiger partial charge in [-0.1, -0.05) is 60.7 Å². The first-order chi connectivity index (χ1) is 17.9. The molecule has 190 valence electrons. The van der Waals surface area contributed by atoms with Crippen LogP contribution in [0.3, 0.4) is 0 Å². The van der Waals surface area contributed by atoms with Gasteiger partial charge in [0, 0.05) is 38.5 Å². The number of nitrogens with one attached hydrogen (secondary N) is 1. The SMILES string of the molecule is CNC(=O)C(Cc1ccccc1)N(Cc1ccccc1F)C(=O)CCCN1C(=O)c2ccccc2C1=O. The van der Waals surface area contributed by atoms with Crippen LogP contribution in [0.4, 0.5) is 4.39 Å². The number of nitrogens with zero attached hydrogens (tertiary/aromatic N) is 2. The highest BCUT2D eigenvalue weighted by Gasteiger charge is 2.35. The molecule has 0 radical (unpaired) electrons. The van der Waals surface area contributed by atoms with Crippen molar-refractivity contribution in [2.75, 3.05) is 13.6 Å². The molecule has 4 amide bonds. The highest BCUT2D eigenvalue weighted by atomic mass is 19.1. The fourth-order valence-corrected chi connectivity index (χ4v) is 4.50. The van der Waals surface area contributed by atoms with E-state index in [1.54, 1.807) is 42.5 Å². The topological polar surface area (TPSA) is 86.8 Å². The molecule has 0 aliphatic carbocycles. The van der Waals surface area contributed by atoms with Crippen molar-refractivity contribution in [3.05, 3.63) is 107 Å². The lowest BCUT2D eigenvalue weighted by Crippen LogP contribution is -2.50. The quantitative estimate of drug-likeness (QED) is 0.430. The third kappa shape index (κ3) is 5.74. The smallest absolute Gasteiger partial charge is 0.261 e. The summed E-state index contributed by atoms with van der Waals surface area (Å²) >= 11 is 0. The molecule has 7 nitrogen and oxygen atoms in total. The summed E-state index contributed by atoms with van der Waals surface area (Å²) < 4.78 is 14.5. The maximum Gasteiger partial charge on any atom is 0.261 e. The van der Waals surface area contributed by atoms with Crippen LogP contribution in [0.5, 0.6) is 0 Å². The van der Waals surface area contributed by atoms with Gasteiger partial charge in [-0.15, -0.1) is 0 Å². The van der Waals surface area contributed by atoms with Gasteiger partial charge in [0.05, 0.1) is 11.1 Å². The molecule has 4 rings (SSSR count). The van der Waals surface area contributed by atoms with Crippen molar-refractivity contribution in [3.63, 3.8) is 0 Å². The average molecular weight is 502 g/mol. The summed E-state index contributed by atoms with van der Waals surface area (Å²) in [6.07, 6.45) is 0.438. The largest absolute Gasteiger partial charge is 0.357 e. The number of hydrogen-bond acceptors (Lipinski definition) is 4. The first kappa shape index (κ1) is 25.8. The predicted molar refractivity (Wildman–Crippen MR) is 136 cm³/mol. The minimum absolute atomic E-state index is 0.0237. The van der Waals surface area contributed by atoms with Crippen LogP contribution in [-0.2, 0) is 22.6 Å². The normalized spacial score (nSPS) is 13.3. The van der Waals surface area contributed by atoms with Crippen LogP contribution in [0.15, 0.2) is 78.9 Å². The van der Waals surface area contributed by atoms with Crippen LogP contribution in [-0.4, -0.2) is 53.1 Å². The van der Waals surface area contributed by atoms with Gasteiger partial charge in [0.25, 0.3) is 11.8 Å². The van der Waals surface area contributed by atoms with E-state index in [2.05, 4.69) is 5.32 Å². The lowest BCUT2D eigenvalue weighted by Gasteiger charge is -2.31. The number of likely N-dealkylation sites (N-methyl/N-ethyl adjacent to an activating group) is 1. The van der Waals surface area contributed by atoms with Crippen LogP contribution in [0.25, 0.3) is 0 Å². The van der Waals surface area contributed by atoms with E-state index in [9.17, 15) is 23.6 Å². The standard InChI is InChI=1S/C29H28FN3O4/c1-31-27(35)25(18-20-10-3-2-4-11-20)33(19-21-12-5-8-15-24(21)30)26(34)16-9-17-32-28(36)22-13-6-7-14-23(22)29(32)37/h2-8,10-15,25H,9,16-19H2,1H3,(H,31,35). The van der Waals surface area contributed by atoms with E-state index in [1.165, 1.54) is 18.0 Å². The van der Waals surface area contributed by atoms with Crippen LogP contribution in [0.1, 0.15) is 44.7 Å². The summed E-state index contributed by atoms with van der Waals surface area (Å²) in [7, 11) is 1.49. The molecule has 0 fully saturated rings. The first-order valence-electron chi connectivity index (χ1n) is 12.1. The number of hydrogen-bond donors (Lipinski definition) is 1. The number of benzene rings is 3. The molecular formula is C29H28FN3O4. The van der Waals surface area contributed by atoms with Gasteiger partial charge < -0.3 is 10.2 Å². The molecule has 3 aromatic carbocycles. The Balaban J connectivity index is 1.52. The fourth-order valence-electron chi connectivity index (χ4n) is 4.50. The van der Waals surface area contributed by atoms with Gasteiger partial charge in [-0.05, 0) is 30.2 Å². The minimum Gasteiger partial charge on any atom is -0.357 e. The van der Waals surface area contributed by atoms with Gasteiger partial charge in [0.2, 0.25) is 11.8 Å². The second kappa shape index (κ2) is 11.6. The lowest BCUT2D eigenvalue weighted by molar-refractivity contribution is -0.141. The van der Waals surface area contributed by atoms with Crippen molar-refractivity contribution >= 4 is 23.6 Å². The van der Waals surface area contributed by atoms with Crippen LogP contribution >= 0.6 is 0 Å². The number of rotatable bonds is 10. The Kier molecular flexibility index (Phi) is 8.08. The molecule has 3 aromatic rings. The highest BCUT2D eigenvalue weighted by Crippen LogP contribution is 2.23. The number of carbonyl (C=O) groups excluding carboxylic acids is 4. The van der Waals surface area contributed by atoms with Crippen LogP contribution in [0, 0.1) is 5.82 Å². The van der Waals surface area contributed by atoms with E-state index >= 15 is 0 Å². The van der Waals surface area contributed by atoms with E-state index in [4.69, 9.17) is 0 Å². The molecular weight excluding hydrogens is 473 g/mol. The first-order valence-corrected chi connectivity index (χ1v) is 12.1. The Morgan fingerprint density at radius 3 is 2.11 bits per heavy atom. The third-order valence-electron chi connectivity index (χ3n) is 6.47. The fraction of sp³-hybridized carbons (Fsp3) is 0.241. The summed E-state index contributed by atoms with van der Waals surface area (Å²) in [6.45, 7) is -0.0294. The zero-order valence-corrected chi connectivity index (χ0v) is 20.5. The molecule has 8 heteroatoms. The summed E-state index contributed by atoms with van der Waals surface area (Å²) in [5.41, 5.74) is 1.84. The molecule has 1 aliphatic rings.